The van der Waals surface area contributed by atoms with Crippen LogP contribution < -0.4 is 4.18 Å². The highest BCUT2D eigenvalue weighted by Crippen LogP contribution is 2.26. The van der Waals surface area contributed by atoms with Crippen molar-refractivity contribution < 1.29 is 36.1 Å². The van der Waals surface area contributed by atoms with E-state index >= 15 is 0 Å². The summed E-state index contributed by atoms with van der Waals surface area (Å²) in [6, 6.07) is 6.08. The molecule has 1 N–H and O–H groups in total. The highest BCUT2D eigenvalue weighted by atomic mass is 32.2. The van der Waals surface area contributed by atoms with E-state index in [0.717, 1.165) is 0 Å². The van der Waals surface area contributed by atoms with Gasteiger partial charge in [-0.15, -0.1) is 22.4 Å². The minimum atomic E-state index is -4.91. The van der Waals surface area contributed by atoms with Crippen LogP contribution in [0.15, 0.2) is 24.3 Å². The molecule has 2 rings (SSSR count). The van der Waals surface area contributed by atoms with Gasteiger partial charge in [0.2, 0.25) is 0 Å². The Balaban J connectivity index is 2.00. The van der Waals surface area contributed by atoms with Crippen molar-refractivity contribution in [1.82, 2.24) is 4.98 Å². The number of esters is 1. The maximum absolute atomic E-state index is 11.6. The van der Waals surface area contributed by atoms with Gasteiger partial charge in [-0.3, -0.25) is 0 Å². The quantitative estimate of drug-likeness (QED) is 0.299. The Bertz CT molecular complexity index is 642. The first-order valence-electron chi connectivity index (χ1n) is 5.36. The van der Waals surface area contributed by atoms with Crippen LogP contribution in [0, 0.1) is 0 Å². The molecule has 0 fully saturated rings. The lowest BCUT2D eigenvalue weighted by molar-refractivity contribution is -0.441. The molecule has 0 saturated carbocycles. The van der Waals surface area contributed by atoms with E-state index in [1.807, 2.05) is 0 Å². The van der Waals surface area contributed by atoms with E-state index in [9.17, 15) is 18.0 Å². The fraction of sp³-hybridized carbons (Fsp3) is 0.182. The molecular formula is C11H8F3NO5S. The van der Waals surface area contributed by atoms with E-state index in [1.165, 1.54) is 25.3 Å². The number of fused-ring (bicyclic) bond motifs is 1. The van der Waals surface area contributed by atoms with Gasteiger partial charge in [-0.1, -0.05) is 0 Å². The molecule has 0 saturated heterocycles. The first kappa shape index (κ1) is 15.5. The zero-order valence-corrected chi connectivity index (χ0v) is 11.2. The SMILES string of the molecule is COC(=O)c1cc2cc(OSOOC(F)(F)F)ccc2[nH]1. The minimum Gasteiger partial charge on any atom is -0.464 e. The van der Waals surface area contributed by atoms with Gasteiger partial charge in [-0.05, 0) is 24.3 Å². The standard InChI is InChI=1S/C11H8F3NO5S/c1-17-10(16)9-5-6-4-7(2-3-8(6)15-9)18-21-20-19-11(12,13)14/h2-5,15H,1H3. The number of aromatic amines is 1. The molecule has 0 atom stereocenters. The fourth-order valence-corrected chi connectivity index (χ4v) is 1.80. The monoisotopic (exact) mass is 323 g/mol. The first-order chi connectivity index (χ1) is 9.89. The molecule has 2 aromatic rings. The van der Waals surface area contributed by atoms with Crippen molar-refractivity contribution in [3.8, 4) is 5.75 Å². The van der Waals surface area contributed by atoms with Gasteiger partial charge < -0.3 is 13.9 Å². The summed E-state index contributed by atoms with van der Waals surface area (Å²) < 4.78 is 48.1. The van der Waals surface area contributed by atoms with E-state index in [1.54, 1.807) is 6.07 Å². The van der Waals surface area contributed by atoms with Crippen molar-refractivity contribution in [3.05, 3.63) is 30.0 Å². The first-order valence-corrected chi connectivity index (χ1v) is 6.02. The van der Waals surface area contributed by atoms with Gasteiger partial charge in [0, 0.05) is 10.9 Å². The lowest BCUT2D eigenvalue weighted by Crippen LogP contribution is -2.11. The number of carbonyl (C=O) groups excluding carboxylic acids is 1. The molecule has 1 heterocycles. The minimum absolute atomic E-state index is 0.0153. The summed E-state index contributed by atoms with van der Waals surface area (Å²) in [5.74, 6) is -0.321. The summed E-state index contributed by atoms with van der Waals surface area (Å²) in [5, 5.41) is 0.616. The van der Waals surface area contributed by atoms with Crippen LogP contribution >= 0.6 is 12.3 Å². The Labute approximate surface area is 120 Å². The molecule has 10 heteroatoms. The molecule has 6 nitrogen and oxygen atoms in total. The molecule has 0 spiro atoms. The molecule has 0 amide bonds. The Morgan fingerprint density at radius 2 is 2.05 bits per heavy atom. The average Bonchev–Trinajstić information content (AvgIpc) is 2.84. The van der Waals surface area contributed by atoms with Crippen molar-refractivity contribution in [2.75, 3.05) is 7.11 Å². The summed E-state index contributed by atoms with van der Waals surface area (Å²) in [7, 11) is 1.25. The smallest absolute Gasteiger partial charge is 0.464 e. The van der Waals surface area contributed by atoms with Crippen LogP contribution in [-0.2, 0) is 14.0 Å². The number of H-pyrrole nitrogens is 1. The lowest BCUT2D eigenvalue weighted by atomic mass is 10.2. The van der Waals surface area contributed by atoms with Crippen molar-refractivity contribution in [1.29, 1.82) is 0 Å². The predicted octanol–water partition coefficient (Wildman–Crippen LogP) is 3.36. The zero-order valence-electron chi connectivity index (χ0n) is 10.4. The average molecular weight is 323 g/mol. The summed E-state index contributed by atoms with van der Waals surface area (Å²) in [6.07, 6.45) is -4.91. The molecule has 0 radical (unpaired) electrons. The summed E-state index contributed by atoms with van der Waals surface area (Å²) in [5.41, 5.74) is 0.883. The number of aromatic nitrogens is 1. The summed E-state index contributed by atoms with van der Waals surface area (Å²) >= 11 is 0.0153. The summed E-state index contributed by atoms with van der Waals surface area (Å²) in [4.78, 5) is 17.2. The van der Waals surface area contributed by atoms with E-state index in [0.29, 0.717) is 10.9 Å². The number of methoxy groups -OCH3 is 1. The molecule has 1 aromatic carbocycles. The second-order valence-electron chi connectivity index (χ2n) is 3.67. The second kappa shape index (κ2) is 6.24. The van der Waals surface area contributed by atoms with Gasteiger partial charge >= 0.3 is 12.3 Å². The number of benzene rings is 1. The van der Waals surface area contributed by atoms with Crippen LogP contribution in [0.2, 0.25) is 0 Å². The fourth-order valence-electron chi connectivity index (χ4n) is 1.49. The van der Waals surface area contributed by atoms with Crippen LogP contribution in [0.25, 0.3) is 10.9 Å². The third kappa shape index (κ3) is 4.28. The Morgan fingerprint density at radius 1 is 1.29 bits per heavy atom. The van der Waals surface area contributed by atoms with Crippen molar-refractivity contribution >= 4 is 29.2 Å². The number of halogens is 3. The molecule has 114 valence electrons. The number of alkyl halides is 3. The molecule has 0 aliphatic rings. The topological polar surface area (TPSA) is 69.8 Å². The highest BCUT2D eigenvalue weighted by molar-refractivity contribution is 7.90. The lowest BCUT2D eigenvalue weighted by Gasteiger charge is -2.05. The second-order valence-corrected chi connectivity index (χ2v) is 4.11. The van der Waals surface area contributed by atoms with Crippen LogP contribution in [0.4, 0.5) is 13.2 Å². The largest absolute Gasteiger partial charge is 0.550 e. The highest BCUT2D eigenvalue weighted by Gasteiger charge is 2.31. The number of carbonyl (C=O) groups is 1. The maximum Gasteiger partial charge on any atom is 0.550 e. The van der Waals surface area contributed by atoms with Gasteiger partial charge in [0.1, 0.15) is 11.4 Å². The molecule has 0 unspecified atom stereocenters. The molecule has 0 aliphatic heterocycles. The Morgan fingerprint density at radius 3 is 2.71 bits per heavy atom. The number of rotatable bonds is 5. The molecule has 21 heavy (non-hydrogen) atoms. The van der Waals surface area contributed by atoms with E-state index < -0.39 is 12.3 Å². The predicted molar refractivity (Wildman–Crippen MR) is 66.1 cm³/mol. The van der Waals surface area contributed by atoms with Crippen LogP contribution in [-0.4, -0.2) is 24.4 Å². The molecule has 0 bridgehead atoms. The third-order valence-electron chi connectivity index (χ3n) is 2.28. The molecule has 1 aromatic heterocycles. The number of nitrogens with one attached hydrogen (secondary N) is 1. The maximum atomic E-state index is 11.6. The number of ether oxygens (including phenoxy) is 1. The van der Waals surface area contributed by atoms with Crippen LogP contribution in [0.5, 0.6) is 5.75 Å². The van der Waals surface area contributed by atoms with E-state index in [2.05, 4.69) is 18.9 Å². The molecular weight excluding hydrogens is 315 g/mol. The third-order valence-corrected chi connectivity index (χ3v) is 2.67. The van der Waals surface area contributed by atoms with E-state index in [4.69, 9.17) is 4.18 Å². The van der Waals surface area contributed by atoms with Gasteiger partial charge in [0.25, 0.3) is 12.3 Å². The molecule has 0 aliphatic carbocycles. The van der Waals surface area contributed by atoms with Crippen molar-refractivity contribution in [2.45, 2.75) is 6.36 Å². The summed E-state index contributed by atoms with van der Waals surface area (Å²) in [6.45, 7) is 0. The Kier molecular flexibility index (Phi) is 4.60. The van der Waals surface area contributed by atoms with E-state index in [-0.39, 0.29) is 23.8 Å². The van der Waals surface area contributed by atoms with Crippen molar-refractivity contribution in [2.24, 2.45) is 0 Å². The number of hydrogen-bond donors (Lipinski definition) is 1. The van der Waals surface area contributed by atoms with Crippen LogP contribution in [0.1, 0.15) is 10.5 Å². The zero-order chi connectivity index (χ0) is 15.5. The Hall–Kier alpha value is -1.91. The van der Waals surface area contributed by atoms with Gasteiger partial charge in [-0.2, -0.15) is 0 Å². The van der Waals surface area contributed by atoms with Gasteiger partial charge in [0.15, 0.2) is 0 Å². The normalized spacial score (nSPS) is 11.6. The number of hydrogen-bond acceptors (Lipinski definition) is 6. The van der Waals surface area contributed by atoms with Gasteiger partial charge in [0.05, 0.1) is 7.11 Å². The van der Waals surface area contributed by atoms with Gasteiger partial charge in [-0.25, -0.2) is 4.79 Å². The van der Waals surface area contributed by atoms with Crippen molar-refractivity contribution in [3.63, 3.8) is 0 Å². The van der Waals surface area contributed by atoms with Crippen LogP contribution in [0.3, 0.4) is 0 Å².